The predicted molar refractivity (Wildman–Crippen MR) is 74.1 cm³/mol. The summed E-state index contributed by atoms with van der Waals surface area (Å²) in [6.07, 6.45) is 0. The van der Waals surface area contributed by atoms with Crippen molar-refractivity contribution in [3.05, 3.63) is 71.8 Å². The van der Waals surface area contributed by atoms with Crippen molar-refractivity contribution >= 4 is 25.4 Å². The molecule has 0 aliphatic heterocycles. The molecule has 5 heteroatoms. The molecule has 0 bridgehead atoms. The second-order valence-electron chi connectivity index (χ2n) is 3.47. The zero-order chi connectivity index (χ0) is 12.8. The Balaban J connectivity index is 0.00000180. The lowest BCUT2D eigenvalue weighted by Gasteiger charge is -2.02. The normalized spacial score (nSPS) is 9.05. The van der Waals surface area contributed by atoms with E-state index in [-0.39, 0.29) is 13.5 Å². The van der Waals surface area contributed by atoms with Crippen LogP contribution >= 0.6 is 13.5 Å². The van der Waals surface area contributed by atoms with E-state index in [0.717, 1.165) is 0 Å². The highest BCUT2D eigenvalue weighted by molar-refractivity contribution is 7.59. The Labute approximate surface area is 117 Å². The molecule has 0 N–H and O–H groups in total. The molecule has 0 unspecified atom stereocenters. The van der Waals surface area contributed by atoms with Crippen LogP contribution in [0.3, 0.4) is 0 Å². The van der Waals surface area contributed by atoms with Gasteiger partial charge in [0.05, 0.1) is 11.1 Å². The smallest absolute Gasteiger partial charge is 0.242 e. The second-order valence-corrected chi connectivity index (χ2v) is 3.47. The van der Waals surface area contributed by atoms with Crippen LogP contribution in [-0.2, 0) is 9.78 Å². The largest absolute Gasteiger partial charge is 0.386 e. The summed E-state index contributed by atoms with van der Waals surface area (Å²) in [6, 6.07) is 16.6. The minimum atomic E-state index is -0.708. The maximum absolute atomic E-state index is 11.5. The predicted octanol–water partition coefficient (Wildman–Crippen LogP) is 2.73. The van der Waals surface area contributed by atoms with Gasteiger partial charge in [-0.1, -0.05) is 36.4 Å². The SMILES string of the molecule is O=C(OOC(=O)c1ccccc1)c1ccccc1.S. The first-order chi connectivity index (χ1) is 8.77. The second kappa shape index (κ2) is 7.23. The Morgan fingerprint density at radius 2 is 0.947 bits per heavy atom. The molecular formula is C14H12O4S. The van der Waals surface area contributed by atoms with Crippen molar-refractivity contribution in [2.45, 2.75) is 0 Å². The first kappa shape index (κ1) is 14.8. The van der Waals surface area contributed by atoms with Crippen molar-refractivity contribution in [2.75, 3.05) is 0 Å². The van der Waals surface area contributed by atoms with Gasteiger partial charge in [0.25, 0.3) is 0 Å². The number of benzene rings is 2. The van der Waals surface area contributed by atoms with E-state index in [9.17, 15) is 9.59 Å². The number of carbonyl (C=O) groups excluding carboxylic acids is 2. The van der Waals surface area contributed by atoms with Gasteiger partial charge in [0, 0.05) is 0 Å². The molecule has 0 saturated carbocycles. The highest BCUT2D eigenvalue weighted by Crippen LogP contribution is 2.05. The third-order valence-electron chi connectivity index (χ3n) is 2.21. The molecule has 0 spiro atoms. The average molecular weight is 276 g/mol. The van der Waals surface area contributed by atoms with Crippen LogP contribution in [0.15, 0.2) is 60.7 Å². The van der Waals surface area contributed by atoms with Gasteiger partial charge >= 0.3 is 11.9 Å². The molecular weight excluding hydrogens is 264 g/mol. The third kappa shape index (κ3) is 4.15. The van der Waals surface area contributed by atoms with E-state index >= 15 is 0 Å². The van der Waals surface area contributed by atoms with Crippen LogP contribution in [0.25, 0.3) is 0 Å². The minimum absolute atomic E-state index is 0. The number of hydrogen-bond acceptors (Lipinski definition) is 4. The molecule has 98 valence electrons. The summed E-state index contributed by atoms with van der Waals surface area (Å²) in [4.78, 5) is 31.9. The summed E-state index contributed by atoms with van der Waals surface area (Å²) in [5.41, 5.74) is 0.636. The molecule has 2 aromatic rings. The summed E-state index contributed by atoms with van der Waals surface area (Å²) in [6.45, 7) is 0. The van der Waals surface area contributed by atoms with Gasteiger partial charge in [-0.2, -0.15) is 13.5 Å². The number of hydrogen-bond donors (Lipinski definition) is 0. The zero-order valence-corrected chi connectivity index (χ0v) is 10.9. The highest BCUT2D eigenvalue weighted by atomic mass is 32.1. The zero-order valence-electron chi connectivity index (χ0n) is 9.91. The van der Waals surface area contributed by atoms with Crippen LogP contribution in [0, 0.1) is 0 Å². The molecule has 0 radical (unpaired) electrons. The van der Waals surface area contributed by atoms with Crippen molar-refractivity contribution in [3.8, 4) is 0 Å². The quantitative estimate of drug-likeness (QED) is 0.625. The van der Waals surface area contributed by atoms with Crippen LogP contribution in [-0.4, -0.2) is 11.9 Å². The monoisotopic (exact) mass is 276 g/mol. The summed E-state index contributed by atoms with van der Waals surface area (Å²) in [5, 5.41) is 0. The van der Waals surface area contributed by atoms with Gasteiger partial charge in [-0.15, -0.1) is 0 Å². The summed E-state index contributed by atoms with van der Waals surface area (Å²) < 4.78 is 0. The van der Waals surface area contributed by atoms with Gasteiger partial charge in [-0.25, -0.2) is 19.4 Å². The van der Waals surface area contributed by atoms with Crippen molar-refractivity contribution in [3.63, 3.8) is 0 Å². The van der Waals surface area contributed by atoms with E-state index in [2.05, 4.69) is 9.78 Å². The Morgan fingerprint density at radius 1 is 0.632 bits per heavy atom. The van der Waals surface area contributed by atoms with Crippen LogP contribution in [0.1, 0.15) is 20.7 Å². The lowest BCUT2D eigenvalue weighted by atomic mass is 10.2. The molecule has 0 aliphatic carbocycles. The van der Waals surface area contributed by atoms with E-state index in [1.54, 1.807) is 60.7 Å². The molecule has 0 fully saturated rings. The lowest BCUT2D eigenvalue weighted by Crippen LogP contribution is -2.11. The maximum atomic E-state index is 11.5. The molecule has 0 amide bonds. The van der Waals surface area contributed by atoms with Gasteiger partial charge in [0.2, 0.25) is 0 Å². The lowest BCUT2D eigenvalue weighted by molar-refractivity contribution is -0.187. The third-order valence-corrected chi connectivity index (χ3v) is 2.21. The standard InChI is InChI=1S/C14H10O4.H2S/c15-13(11-7-3-1-4-8-11)17-18-14(16)12-9-5-2-6-10-12;/h1-10H;1H2. The number of rotatable bonds is 2. The van der Waals surface area contributed by atoms with Crippen LogP contribution in [0.5, 0.6) is 0 Å². The van der Waals surface area contributed by atoms with E-state index in [0.29, 0.717) is 11.1 Å². The van der Waals surface area contributed by atoms with E-state index in [4.69, 9.17) is 0 Å². The van der Waals surface area contributed by atoms with Gasteiger partial charge in [-0.05, 0) is 24.3 Å². The molecule has 0 heterocycles. The molecule has 0 aromatic heterocycles. The van der Waals surface area contributed by atoms with Crippen LogP contribution < -0.4 is 0 Å². The van der Waals surface area contributed by atoms with Crippen molar-refractivity contribution in [1.29, 1.82) is 0 Å². The van der Waals surface area contributed by atoms with E-state index < -0.39 is 11.9 Å². The molecule has 19 heavy (non-hydrogen) atoms. The first-order valence-corrected chi connectivity index (χ1v) is 5.30. The van der Waals surface area contributed by atoms with Crippen LogP contribution in [0.2, 0.25) is 0 Å². The molecule has 0 atom stereocenters. The van der Waals surface area contributed by atoms with Gasteiger partial charge in [0.15, 0.2) is 0 Å². The average Bonchev–Trinajstić information content (AvgIpc) is 2.46. The van der Waals surface area contributed by atoms with Crippen LogP contribution in [0.4, 0.5) is 0 Å². The van der Waals surface area contributed by atoms with E-state index in [1.807, 2.05) is 0 Å². The van der Waals surface area contributed by atoms with Gasteiger partial charge in [0.1, 0.15) is 0 Å². The molecule has 0 aliphatic rings. The van der Waals surface area contributed by atoms with Crippen molar-refractivity contribution in [1.82, 2.24) is 0 Å². The fraction of sp³-hybridized carbons (Fsp3) is 0. The molecule has 4 nitrogen and oxygen atoms in total. The molecule has 2 rings (SSSR count). The van der Waals surface area contributed by atoms with Crippen molar-refractivity contribution < 1.29 is 19.4 Å². The fourth-order valence-corrected chi connectivity index (χ4v) is 1.32. The Bertz CT molecular complexity index is 488. The summed E-state index contributed by atoms with van der Waals surface area (Å²) in [7, 11) is 0. The Morgan fingerprint density at radius 3 is 1.26 bits per heavy atom. The van der Waals surface area contributed by atoms with Gasteiger partial charge < -0.3 is 0 Å². The highest BCUT2D eigenvalue weighted by Gasteiger charge is 2.12. The topological polar surface area (TPSA) is 52.6 Å². The molecule has 2 aromatic carbocycles. The fourth-order valence-electron chi connectivity index (χ4n) is 1.32. The molecule has 0 saturated heterocycles. The maximum Gasteiger partial charge on any atom is 0.386 e. The first-order valence-electron chi connectivity index (χ1n) is 5.30. The summed E-state index contributed by atoms with van der Waals surface area (Å²) in [5.74, 6) is -1.42. The van der Waals surface area contributed by atoms with Crippen molar-refractivity contribution in [2.24, 2.45) is 0 Å². The van der Waals surface area contributed by atoms with E-state index in [1.165, 1.54) is 0 Å². The Hall–Kier alpha value is -2.27. The minimum Gasteiger partial charge on any atom is -0.242 e. The Kier molecular flexibility index (Phi) is 5.63. The van der Waals surface area contributed by atoms with Gasteiger partial charge in [-0.3, -0.25) is 0 Å². The summed E-state index contributed by atoms with van der Waals surface area (Å²) >= 11 is 0. The number of carbonyl (C=O) groups is 2.